The molecule has 1 aliphatic heterocycles. The van der Waals surface area contributed by atoms with Crippen LogP contribution in [0.4, 0.5) is 4.39 Å². The van der Waals surface area contributed by atoms with Gasteiger partial charge in [-0.25, -0.2) is 4.39 Å². The van der Waals surface area contributed by atoms with Gasteiger partial charge in [-0.1, -0.05) is 18.6 Å². The molecule has 1 aliphatic rings. The summed E-state index contributed by atoms with van der Waals surface area (Å²) in [6, 6.07) is 5.36. The van der Waals surface area contributed by atoms with E-state index in [0.29, 0.717) is 24.2 Å². The molecule has 19 heavy (non-hydrogen) atoms. The minimum atomic E-state index is -1.61. The van der Waals surface area contributed by atoms with Gasteiger partial charge in [-0.15, -0.1) is 0 Å². The molecule has 1 fully saturated rings. The number of hydrogen-bond acceptors (Lipinski definition) is 3. The number of benzene rings is 1. The molecular weight excluding hydrogens is 244 g/mol. The second-order valence-corrected chi connectivity index (χ2v) is 5.53. The molecule has 1 saturated heterocycles. The molecule has 0 aliphatic carbocycles. The molecule has 5 heteroatoms. The molecule has 0 bridgehead atoms. The van der Waals surface area contributed by atoms with Gasteiger partial charge in [0.15, 0.2) is 0 Å². The van der Waals surface area contributed by atoms with Crippen molar-refractivity contribution >= 4 is 12.6 Å². The number of rotatable bonds is 3. The fraction of sp³-hybridized carbons (Fsp3) is 0.571. The first-order valence-electron chi connectivity index (χ1n) is 6.89. The predicted octanol–water partition coefficient (Wildman–Crippen LogP) is 1.27. The zero-order valence-corrected chi connectivity index (χ0v) is 11.5. The Labute approximate surface area is 114 Å². The van der Waals surface area contributed by atoms with Crippen molar-refractivity contribution in [2.75, 3.05) is 0 Å². The van der Waals surface area contributed by atoms with E-state index in [9.17, 15) is 4.39 Å². The number of nitrogens with zero attached hydrogens (tertiary/aromatic N) is 1. The third-order valence-electron chi connectivity index (χ3n) is 4.10. The van der Waals surface area contributed by atoms with Crippen molar-refractivity contribution in [3.63, 3.8) is 0 Å². The Morgan fingerprint density at radius 2 is 1.89 bits per heavy atom. The summed E-state index contributed by atoms with van der Waals surface area (Å²) in [6.07, 6.45) is 3.54. The number of halogens is 1. The summed E-state index contributed by atoms with van der Waals surface area (Å²) in [7, 11) is -1.61. The number of likely N-dealkylation sites (tertiary alicyclic amines) is 1. The van der Waals surface area contributed by atoms with E-state index in [-0.39, 0.29) is 11.3 Å². The highest BCUT2D eigenvalue weighted by Crippen LogP contribution is 2.25. The third-order valence-corrected chi connectivity index (χ3v) is 4.10. The highest BCUT2D eigenvalue weighted by atomic mass is 19.1. The molecule has 0 spiro atoms. The van der Waals surface area contributed by atoms with Crippen molar-refractivity contribution < 1.29 is 14.4 Å². The first-order chi connectivity index (χ1) is 8.99. The topological polar surface area (TPSA) is 43.7 Å². The molecule has 1 heterocycles. The maximum atomic E-state index is 14.0. The van der Waals surface area contributed by atoms with Crippen LogP contribution in [0, 0.1) is 5.82 Å². The summed E-state index contributed by atoms with van der Waals surface area (Å²) in [5.74, 6) is -0.365. The van der Waals surface area contributed by atoms with Crippen LogP contribution in [0.5, 0.6) is 0 Å². The zero-order chi connectivity index (χ0) is 14.0. The van der Waals surface area contributed by atoms with Crippen LogP contribution in [0.15, 0.2) is 18.2 Å². The van der Waals surface area contributed by atoms with Crippen molar-refractivity contribution in [2.45, 2.75) is 51.7 Å². The monoisotopic (exact) mass is 265 g/mol. The summed E-state index contributed by atoms with van der Waals surface area (Å²) in [4.78, 5) is 2.32. The Morgan fingerprint density at radius 1 is 1.26 bits per heavy atom. The van der Waals surface area contributed by atoms with Gasteiger partial charge in [0, 0.05) is 24.2 Å². The second kappa shape index (κ2) is 6.03. The smallest absolute Gasteiger partial charge is 0.423 e. The average Bonchev–Trinajstić information content (AvgIpc) is 2.35. The van der Waals surface area contributed by atoms with Crippen LogP contribution in [0.2, 0.25) is 0 Å². The Bertz CT molecular complexity index is 431. The van der Waals surface area contributed by atoms with Gasteiger partial charge in [-0.05, 0) is 38.2 Å². The van der Waals surface area contributed by atoms with Crippen LogP contribution >= 0.6 is 0 Å². The highest BCUT2D eigenvalue weighted by molar-refractivity contribution is 6.58. The summed E-state index contributed by atoms with van der Waals surface area (Å²) in [6.45, 7) is 4.94. The van der Waals surface area contributed by atoms with E-state index in [1.54, 1.807) is 12.1 Å². The molecule has 0 saturated carbocycles. The molecule has 1 aromatic carbocycles. The normalized spacial score (nSPS) is 24.5. The fourth-order valence-electron chi connectivity index (χ4n) is 2.84. The molecule has 2 atom stereocenters. The molecule has 3 nitrogen and oxygen atoms in total. The zero-order valence-electron chi connectivity index (χ0n) is 11.5. The van der Waals surface area contributed by atoms with E-state index in [0.717, 1.165) is 12.8 Å². The SMILES string of the molecule is CC1CCCC(C)N1Cc1ccc(B(O)O)cc1F. The highest BCUT2D eigenvalue weighted by Gasteiger charge is 2.25. The van der Waals surface area contributed by atoms with Crippen LogP contribution in [0.25, 0.3) is 0 Å². The second-order valence-electron chi connectivity index (χ2n) is 5.53. The number of hydrogen-bond donors (Lipinski definition) is 2. The van der Waals surface area contributed by atoms with Gasteiger partial charge in [0.25, 0.3) is 0 Å². The minimum Gasteiger partial charge on any atom is -0.423 e. The van der Waals surface area contributed by atoms with Crippen LogP contribution in [-0.4, -0.2) is 34.2 Å². The predicted molar refractivity (Wildman–Crippen MR) is 74.5 cm³/mol. The minimum absolute atomic E-state index is 0.195. The molecule has 0 aromatic heterocycles. The maximum absolute atomic E-state index is 14.0. The molecule has 2 N–H and O–H groups in total. The lowest BCUT2D eigenvalue weighted by molar-refractivity contribution is 0.0940. The molecule has 2 unspecified atom stereocenters. The standard InChI is InChI=1S/C14H21BFNO2/c1-10-4-3-5-11(2)17(10)9-12-6-7-13(15(18)19)8-14(12)16/h6-8,10-11,18-19H,3-5,9H2,1-2H3. The van der Waals surface area contributed by atoms with E-state index in [1.807, 2.05) is 0 Å². The third kappa shape index (κ3) is 3.35. The number of piperidine rings is 1. The first kappa shape index (κ1) is 14.5. The lowest BCUT2D eigenvalue weighted by Crippen LogP contribution is -2.43. The summed E-state index contributed by atoms with van der Waals surface area (Å²) < 4.78 is 14.0. The fourth-order valence-corrected chi connectivity index (χ4v) is 2.84. The Balaban J connectivity index is 2.14. The van der Waals surface area contributed by atoms with Crippen LogP contribution in [0.1, 0.15) is 38.7 Å². The molecular formula is C14H21BFNO2. The van der Waals surface area contributed by atoms with Crippen LogP contribution in [-0.2, 0) is 6.54 Å². The van der Waals surface area contributed by atoms with Crippen molar-refractivity contribution in [1.82, 2.24) is 4.90 Å². The summed E-state index contributed by atoms with van der Waals surface area (Å²) in [5.41, 5.74) is 0.811. The molecule has 0 radical (unpaired) electrons. The van der Waals surface area contributed by atoms with Crippen LogP contribution in [0.3, 0.4) is 0 Å². The van der Waals surface area contributed by atoms with Crippen molar-refractivity contribution in [3.05, 3.63) is 29.6 Å². The van der Waals surface area contributed by atoms with E-state index in [1.165, 1.54) is 12.5 Å². The van der Waals surface area contributed by atoms with E-state index >= 15 is 0 Å². The van der Waals surface area contributed by atoms with Gasteiger partial charge in [-0.3, -0.25) is 4.90 Å². The Kier molecular flexibility index (Phi) is 4.60. The van der Waals surface area contributed by atoms with Crippen LogP contribution < -0.4 is 5.46 Å². The van der Waals surface area contributed by atoms with Gasteiger partial charge in [0.2, 0.25) is 0 Å². The Hall–Kier alpha value is -0.905. The van der Waals surface area contributed by atoms with Gasteiger partial charge in [0.1, 0.15) is 5.82 Å². The van der Waals surface area contributed by atoms with Crippen molar-refractivity contribution in [1.29, 1.82) is 0 Å². The summed E-state index contributed by atoms with van der Waals surface area (Å²) in [5, 5.41) is 18.0. The summed E-state index contributed by atoms with van der Waals surface area (Å²) >= 11 is 0. The van der Waals surface area contributed by atoms with E-state index in [2.05, 4.69) is 18.7 Å². The molecule has 104 valence electrons. The maximum Gasteiger partial charge on any atom is 0.488 e. The molecule has 0 amide bonds. The average molecular weight is 265 g/mol. The molecule has 1 aromatic rings. The van der Waals surface area contributed by atoms with Crippen molar-refractivity contribution in [3.8, 4) is 0 Å². The quantitative estimate of drug-likeness (QED) is 0.809. The van der Waals surface area contributed by atoms with Gasteiger partial charge < -0.3 is 10.0 Å². The van der Waals surface area contributed by atoms with E-state index < -0.39 is 7.12 Å². The first-order valence-corrected chi connectivity index (χ1v) is 6.89. The van der Waals surface area contributed by atoms with Crippen molar-refractivity contribution in [2.24, 2.45) is 0 Å². The van der Waals surface area contributed by atoms with Gasteiger partial charge in [-0.2, -0.15) is 0 Å². The Morgan fingerprint density at radius 3 is 2.42 bits per heavy atom. The molecule has 2 rings (SSSR count). The largest absolute Gasteiger partial charge is 0.488 e. The van der Waals surface area contributed by atoms with E-state index in [4.69, 9.17) is 10.0 Å². The lowest BCUT2D eigenvalue weighted by atomic mass is 9.80. The van der Waals surface area contributed by atoms with Gasteiger partial charge in [0.05, 0.1) is 0 Å². The van der Waals surface area contributed by atoms with Gasteiger partial charge >= 0.3 is 7.12 Å². The lowest BCUT2D eigenvalue weighted by Gasteiger charge is -2.39.